The van der Waals surface area contributed by atoms with Crippen molar-refractivity contribution in [1.82, 2.24) is 15.7 Å². The number of carbonyl (C=O) groups is 2. The normalized spacial score (nSPS) is 18.8. The fraction of sp³-hybridized carbons (Fsp3) is 0.391. The zero-order valence-corrected chi connectivity index (χ0v) is 17.9. The molecule has 2 amide bonds. The summed E-state index contributed by atoms with van der Waals surface area (Å²) in [6, 6.07) is 12.6. The molecule has 33 heavy (non-hydrogen) atoms. The van der Waals surface area contributed by atoms with Gasteiger partial charge in [0.25, 0.3) is 5.91 Å². The van der Waals surface area contributed by atoms with Crippen molar-refractivity contribution in [3.63, 3.8) is 0 Å². The van der Waals surface area contributed by atoms with Crippen LogP contribution in [-0.2, 0) is 15.8 Å². The number of hydroxylamine groups is 1. The standard InChI is InChI=1S/C23H25F3N4O3/c24-23(25,26)16-4-3-5-17(14-16)30-12-10-29(11-13-30)15-21(31)27-9-8-19-18-6-1-2-7-20(18)33-28-22(19)32/h1-7,14,19H,8-13,15H2,(H,27,31)(H,28,32). The smallest absolute Gasteiger partial charge is 0.379 e. The van der Waals surface area contributed by atoms with Crippen LogP contribution in [-0.4, -0.2) is 56.0 Å². The second-order valence-electron chi connectivity index (χ2n) is 8.11. The lowest BCUT2D eigenvalue weighted by Crippen LogP contribution is -2.49. The molecule has 1 fully saturated rings. The molecule has 2 aromatic rings. The largest absolute Gasteiger partial charge is 0.416 e. The minimum absolute atomic E-state index is 0.150. The maximum Gasteiger partial charge on any atom is 0.416 e. The number of alkyl halides is 3. The number of hydrogen-bond acceptors (Lipinski definition) is 5. The number of halogens is 3. The number of para-hydroxylation sites is 1. The predicted molar refractivity (Wildman–Crippen MR) is 116 cm³/mol. The number of rotatable bonds is 6. The van der Waals surface area contributed by atoms with Crippen LogP contribution >= 0.6 is 0 Å². The van der Waals surface area contributed by atoms with Crippen molar-refractivity contribution in [2.45, 2.75) is 18.5 Å². The van der Waals surface area contributed by atoms with Crippen LogP contribution in [0.15, 0.2) is 48.5 Å². The lowest BCUT2D eigenvalue weighted by Gasteiger charge is -2.36. The highest BCUT2D eigenvalue weighted by Crippen LogP contribution is 2.32. The average molecular weight is 462 g/mol. The minimum atomic E-state index is -4.37. The Bertz CT molecular complexity index is 1010. The number of anilines is 1. The summed E-state index contributed by atoms with van der Waals surface area (Å²) in [5, 5.41) is 2.86. The van der Waals surface area contributed by atoms with Crippen LogP contribution < -0.4 is 20.5 Å². The number of benzene rings is 2. The molecule has 1 unspecified atom stereocenters. The first-order valence-corrected chi connectivity index (χ1v) is 10.8. The molecule has 10 heteroatoms. The van der Waals surface area contributed by atoms with Crippen molar-refractivity contribution in [1.29, 1.82) is 0 Å². The van der Waals surface area contributed by atoms with Crippen LogP contribution in [0.2, 0.25) is 0 Å². The topological polar surface area (TPSA) is 73.9 Å². The summed E-state index contributed by atoms with van der Waals surface area (Å²) >= 11 is 0. The van der Waals surface area contributed by atoms with Gasteiger partial charge >= 0.3 is 6.18 Å². The van der Waals surface area contributed by atoms with Gasteiger partial charge in [-0.15, -0.1) is 0 Å². The van der Waals surface area contributed by atoms with Gasteiger partial charge in [0.1, 0.15) is 0 Å². The first-order valence-electron chi connectivity index (χ1n) is 10.8. The Morgan fingerprint density at radius 3 is 2.61 bits per heavy atom. The van der Waals surface area contributed by atoms with E-state index in [9.17, 15) is 22.8 Å². The van der Waals surface area contributed by atoms with Crippen LogP contribution in [0.25, 0.3) is 0 Å². The van der Waals surface area contributed by atoms with E-state index in [2.05, 4.69) is 10.8 Å². The first kappa shape index (κ1) is 22.9. The Morgan fingerprint density at radius 1 is 1.09 bits per heavy atom. The average Bonchev–Trinajstić information content (AvgIpc) is 2.80. The third kappa shape index (κ3) is 5.57. The predicted octanol–water partition coefficient (Wildman–Crippen LogP) is 2.54. The van der Waals surface area contributed by atoms with Crippen molar-refractivity contribution < 1.29 is 27.6 Å². The molecule has 2 aliphatic rings. The molecule has 1 saturated heterocycles. The number of carbonyl (C=O) groups excluding carboxylic acids is 2. The molecular weight excluding hydrogens is 437 g/mol. The van der Waals surface area contributed by atoms with Gasteiger partial charge in [0, 0.05) is 44.0 Å². The maximum absolute atomic E-state index is 13.0. The van der Waals surface area contributed by atoms with E-state index in [4.69, 9.17) is 4.84 Å². The summed E-state index contributed by atoms with van der Waals surface area (Å²) in [4.78, 5) is 33.6. The van der Waals surface area contributed by atoms with E-state index >= 15 is 0 Å². The van der Waals surface area contributed by atoms with E-state index < -0.39 is 17.7 Å². The second kappa shape index (κ2) is 9.70. The number of amides is 2. The summed E-state index contributed by atoms with van der Waals surface area (Å²) in [5.41, 5.74) is 3.05. The lowest BCUT2D eigenvalue weighted by molar-refractivity contribution is -0.137. The fourth-order valence-corrected chi connectivity index (χ4v) is 4.12. The molecule has 0 bridgehead atoms. The molecule has 2 heterocycles. The fourth-order valence-electron chi connectivity index (χ4n) is 4.12. The van der Waals surface area contributed by atoms with Crippen molar-refractivity contribution in [2.24, 2.45) is 0 Å². The minimum Gasteiger partial charge on any atom is -0.379 e. The lowest BCUT2D eigenvalue weighted by atomic mass is 9.93. The molecule has 2 aliphatic heterocycles. The van der Waals surface area contributed by atoms with Gasteiger partial charge in [0.05, 0.1) is 18.0 Å². The summed E-state index contributed by atoms with van der Waals surface area (Å²) in [5.74, 6) is -0.185. The van der Waals surface area contributed by atoms with Crippen LogP contribution in [0, 0.1) is 0 Å². The van der Waals surface area contributed by atoms with Gasteiger partial charge in [-0.2, -0.15) is 18.7 Å². The zero-order valence-electron chi connectivity index (χ0n) is 17.9. The molecule has 0 aromatic heterocycles. The Labute approximate surface area is 189 Å². The van der Waals surface area contributed by atoms with E-state index in [1.165, 1.54) is 6.07 Å². The van der Waals surface area contributed by atoms with Gasteiger partial charge in [0.2, 0.25) is 5.91 Å². The number of hydrogen-bond donors (Lipinski definition) is 2. The van der Waals surface area contributed by atoms with E-state index in [0.29, 0.717) is 50.6 Å². The van der Waals surface area contributed by atoms with Crippen LogP contribution in [0.4, 0.5) is 18.9 Å². The van der Waals surface area contributed by atoms with Gasteiger partial charge in [-0.1, -0.05) is 24.3 Å². The molecule has 2 N–H and O–H groups in total. The highest BCUT2D eigenvalue weighted by molar-refractivity contribution is 5.85. The molecule has 4 rings (SSSR count). The Kier molecular flexibility index (Phi) is 6.73. The summed E-state index contributed by atoms with van der Waals surface area (Å²) < 4.78 is 38.9. The monoisotopic (exact) mass is 462 g/mol. The number of piperazine rings is 1. The van der Waals surface area contributed by atoms with E-state index in [1.54, 1.807) is 12.1 Å². The van der Waals surface area contributed by atoms with Crippen molar-refractivity contribution in [3.8, 4) is 5.75 Å². The summed E-state index contributed by atoms with van der Waals surface area (Å²) in [7, 11) is 0. The molecule has 0 spiro atoms. The van der Waals surface area contributed by atoms with Crippen molar-refractivity contribution in [3.05, 3.63) is 59.7 Å². The number of fused-ring (bicyclic) bond motifs is 1. The van der Waals surface area contributed by atoms with E-state index in [0.717, 1.165) is 17.7 Å². The summed E-state index contributed by atoms with van der Waals surface area (Å²) in [6.07, 6.45) is -3.93. The molecule has 2 aromatic carbocycles. The Hall–Kier alpha value is -3.27. The molecule has 0 aliphatic carbocycles. The second-order valence-corrected chi connectivity index (χ2v) is 8.11. The Morgan fingerprint density at radius 2 is 1.85 bits per heavy atom. The van der Waals surface area contributed by atoms with Gasteiger partial charge in [-0.05, 0) is 30.7 Å². The SMILES string of the molecule is O=C(CN1CCN(c2cccc(C(F)(F)F)c2)CC1)NCCC1C(=O)NOc2ccccc21. The Balaban J connectivity index is 1.22. The molecule has 0 saturated carbocycles. The number of nitrogens with zero attached hydrogens (tertiary/aromatic N) is 2. The zero-order chi connectivity index (χ0) is 23.4. The molecule has 0 radical (unpaired) electrons. The quantitative estimate of drug-likeness (QED) is 0.691. The third-order valence-corrected chi connectivity index (χ3v) is 5.91. The van der Waals surface area contributed by atoms with E-state index in [-0.39, 0.29) is 18.4 Å². The van der Waals surface area contributed by atoms with Crippen LogP contribution in [0.1, 0.15) is 23.5 Å². The summed E-state index contributed by atoms with van der Waals surface area (Å²) in [6.45, 7) is 2.75. The molecular formula is C23H25F3N4O3. The van der Waals surface area contributed by atoms with Gasteiger partial charge < -0.3 is 15.1 Å². The maximum atomic E-state index is 13.0. The highest BCUT2D eigenvalue weighted by Gasteiger charge is 2.31. The van der Waals surface area contributed by atoms with Gasteiger partial charge in [0.15, 0.2) is 5.75 Å². The van der Waals surface area contributed by atoms with Crippen LogP contribution in [0.5, 0.6) is 5.75 Å². The van der Waals surface area contributed by atoms with Crippen molar-refractivity contribution in [2.75, 3.05) is 44.2 Å². The third-order valence-electron chi connectivity index (χ3n) is 5.91. The number of nitrogens with one attached hydrogen (secondary N) is 2. The first-order chi connectivity index (χ1) is 15.8. The molecule has 7 nitrogen and oxygen atoms in total. The van der Waals surface area contributed by atoms with Gasteiger partial charge in [-0.3, -0.25) is 14.5 Å². The van der Waals surface area contributed by atoms with Crippen molar-refractivity contribution >= 4 is 17.5 Å². The van der Waals surface area contributed by atoms with Crippen LogP contribution in [0.3, 0.4) is 0 Å². The molecule has 176 valence electrons. The van der Waals surface area contributed by atoms with Gasteiger partial charge in [-0.25, -0.2) is 0 Å². The van der Waals surface area contributed by atoms with E-state index in [1.807, 2.05) is 28.0 Å². The highest BCUT2D eigenvalue weighted by atomic mass is 19.4. The molecule has 1 atom stereocenters.